The molecule has 0 spiro atoms. The lowest BCUT2D eigenvalue weighted by Gasteiger charge is -2.34. The van der Waals surface area contributed by atoms with Crippen LogP contribution in [0.25, 0.3) is 0 Å². The second-order valence-electron chi connectivity index (χ2n) is 15.4. The Labute approximate surface area is 354 Å². The second-order valence-corrected chi connectivity index (χ2v) is 15.4. The Balaban J connectivity index is 0.000000202. The minimum absolute atomic E-state index is 0.223. The number of fused-ring (bicyclic) bond motifs is 1. The number of benzene rings is 4. The van der Waals surface area contributed by atoms with E-state index in [0.29, 0.717) is 39.3 Å². The summed E-state index contributed by atoms with van der Waals surface area (Å²) in [7, 11) is 1.66. The Kier molecular flexibility index (Phi) is 17.3. The van der Waals surface area contributed by atoms with Crippen LogP contribution in [-0.4, -0.2) is 130 Å². The van der Waals surface area contributed by atoms with Gasteiger partial charge in [0.1, 0.15) is 37.9 Å². The average molecular weight is 825 g/mol. The summed E-state index contributed by atoms with van der Waals surface area (Å²) >= 11 is 0. The van der Waals surface area contributed by atoms with Crippen LogP contribution in [0.3, 0.4) is 0 Å². The molecule has 12 heteroatoms. The molecule has 4 aromatic rings. The first-order chi connectivity index (χ1) is 29.3. The third-order valence-corrected chi connectivity index (χ3v) is 11.2. The lowest BCUT2D eigenvalue weighted by Crippen LogP contribution is -2.49. The molecule has 0 radical (unpaired) electrons. The monoisotopic (exact) mass is 824 g/mol. The maximum atomic E-state index is 13.6. The number of methoxy groups -OCH3 is 1. The van der Waals surface area contributed by atoms with Crippen LogP contribution in [0.1, 0.15) is 42.4 Å². The van der Waals surface area contributed by atoms with Crippen molar-refractivity contribution < 1.29 is 37.7 Å². The fraction of sp³-hybridized carbons (Fsp3) is 0.458. The van der Waals surface area contributed by atoms with Crippen LogP contribution in [0.4, 0.5) is 4.39 Å². The Morgan fingerprint density at radius 2 is 1.13 bits per heavy atom. The molecule has 3 aliphatic rings. The average Bonchev–Trinajstić information content (AvgIpc) is 3.28. The van der Waals surface area contributed by atoms with Gasteiger partial charge in [-0.2, -0.15) is 0 Å². The Hall–Kier alpha value is -5.33. The van der Waals surface area contributed by atoms with E-state index in [2.05, 4.69) is 28.9 Å². The summed E-state index contributed by atoms with van der Waals surface area (Å²) in [6.45, 7) is 12.5. The standard InChI is InChI=1S/C25H32N2O4.C23H29FN2O3/c1-20-5-2-3-7-22(20)29-16-15-26-11-13-27(14-12-26)25(28)8-4-6-21-9-10-23-24(19-21)31-18-17-30-23;1-28-20-11-9-19(10-12-20)5-4-8-23(27)26-15-13-25(14-16-26)17-18-29-22-7-3-2-6-21(22)24/h2-3,5,7,9-10,19H,4,6,8,11-18H2,1H3;2-3,6-7,9-12H,4-5,8,13-18H2,1H3. The lowest BCUT2D eigenvalue weighted by atomic mass is 10.1. The predicted octanol–water partition coefficient (Wildman–Crippen LogP) is 6.69. The molecular formula is C48H61FN4O7. The first-order valence-electron chi connectivity index (χ1n) is 21.4. The van der Waals surface area contributed by atoms with Crippen molar-refractivity contribution in [1.82, 2.24) is 19.6 Å². The fourth-order valence-corrected chi connectivity index (χ4v) is 7.53. The van der Waals surface area contributed by atoms with E-state index >= 15 is 0 Å². The van der Waals surface area contributed by atoms with Gasteiger partial charge in [0.2, 0.25) is 11.8 Å². The van der Waals surface area contributed by atoms with Crippen LogP contribution >= 0.6 is 0 Å². The number of hydrogen-bond donors (Lipinski definition) is 0. The molecule has 0 saturated carbocycles. The number of piperazine rings is 2. The van der Waals surface area contributed by atoms with E-state index < -0.39 is 0 Å². The smallest absolute Gasteiger partial charge is 0.222 e. The van der Waals surface area contributed by atoms with Crippen molar-refractivity contribution in [1.29, 1.82) is 0 Å². The quantitative estimate of drug-likeness (QED) is 0.116. The van der Waals surface area contributed by atoms with Gasteiger partial charge in [0.15, 0.2) is 23.1 Å². The highest BCUT2D eigenvalue weighted by Gasteiger charge is 2.22. The summed E-state index contributed by atoms with van der Waals surface area (Å²) in [6, 6.07) is 28.6. The fourth-order valence-electron chi connectivity index (χ4n) is 7.53. The molecule has 11 nitrogen and oxygen atoms in total. The molecule has 60 heavy (non-hydrogen) atoms. The van der Waals surface area contributed by atoms with Crippen molar-refractivity contribution in [2.45, 2.75) is 45.4 Å². The highest BCUT2D eigenvalue weighted by molar-refractivity contribution is 5.76. The van der Waals surface area contributed by atoms with Crippen molar-refractivity contribution in [2.75, 3.05) is 99.0 Å². The van der Waals surface area contributed by atoms with E-state index in [1.54, 1.807) is 25.3 Å². The van der Waals surface area contributed by atoms with Gasteiger partial charge in [0.25, 0.3) is 0 Å². The van der Waals surface area contributed by atoms with E-state index in [1.165, 1.54) is 17.2 Å². The third kappa shape index (κ3) is 13.9. The van der Waals surface area contributed by atoms with Gasteiger partial charge in [-0.15, -0.1) is 0 Å². The number of nitrogens with zero attached hydrogens (tertiary/aromatic N) is 4. The molecule has 0 unspecified atom stereocenters. The summed E-state index contributed by atoms with van der Waals surface area (Å²) in [4.78, 5) is 33.6. The number of carbonyl (C=O) groups excluding carboxylic acids is 2. The largest absolute Gasteiger partial charge is 0.497 e. The Morgan fingerprint density at radius 3 is 1.72 bits per heavy atom. The van der Waals surface area contributed by atoms with Gasteiger partial charge in [-0.1, -0.05) is 48.5 Å². The number of ether oxygens (including phenoxy) is 5. The van der Waals surface area contributed by atoms with Crippen molar-refractivity contribution in [3.63, 3.8) is 0 Å². The highest BCUT2D eigenvalue weighted by Crippen LogP contribution is 2.31. The molecule has 0 N–H and O–H groups in total. The van der Waals surface area contributed by atoms with Crippen LogP contribution in [0.5, 0.6) is 28.7 Å². The number of amides is 2. The zero-order valence-electron chi connectivity index (χ0n) is 35.3. The van der Waals surface area contributed by atoms with Crippen molar-refractivity contribution in [3.8, 4) is 28.7 Å². The first-order valence-corrected chi connectivity index (χ1v) is 21.4. The van der Waals surface area contributed by atoms with Crippen molar-refractivity contribution in [2.24, 2.45) is 0 Å². The second kappa shape index (κ2) is 23.5. The van der Waals surface area contributed by atoms with E-state index in [-0.39, 0.29) is 23.4 Å². The number of rotatable bonds is 17. The third-order valence-electron chi connectivity index (χ3n) is 11.2. The number of para-hydroxylation sites is 2. The van der Waals surface area contributed by atoms with Crippen LogP contribution in [-0.2, 0) is 22.4 Å². The molecule has 0 bridgehead atoms. The molecule has 0 aromatic heterocycles. The van der Waals surface area contributed by atoms with Gasteiger partial charge in [0, 0.05) is 78.3 Å². The van der Waals surface area contributed by atoms with Crippen LogP contribution in [0.2, 0.25) is 0 Å². The van der Waals surface area contributed by atoms with Crippen molar-refractivity contribution >= 4 is 11.8 Å². The van der Waals surface area contributed by atoms with E-state index in [4.69, 9.17) is 23.7 Å². The van der Waals surface area contributed by atoms with Crippen LogP contribution < -0.4 is 23.7 Å². The summed E-state index contributed by atoms with van der Waals surface area (Å²) in [5, 5.41) is 0. The van der Waals surface area contributed by atoms with Crippen molar-refractivity contribution in [3.05, 3.63) is 114 Å². The lowest BCUT2D eigenvalue weighted by molar-refractivity contribution is -0.133. The molecule has 0 aliphatic carbocycles. The summed E-state index contributed by atoms with van der Waals surface area (Å²) in [6.07, 6.45) is 4.62. The summed E-state index contributed by atoms with van der Waals surface area (Å²) < 4.78 is 41.3. The van der Waals surface area contributed by atoms with Gasteiger partial charge >= 0.3 is 0 Å². The minimum Gasteiger partial charge on any atom is -0.497 e. The number of halogens is 1. The van der Waals surface area contributed by atoms with Crippen LogP contribution in [0, 0.1) is 12.7 Å². The zero-order valence-corrected chi connectivity index (χ0v) is 35.3. The Morgan fingerprint density at radius 1 is 0.617 bits per heavy atom. The molecule has 2 saturated heterocycles. The van der Waals surface area contributed by atoms with Gasteiger partial charge < -0.3 is 33.5 Å². The first kappa shape index (κ1) is 44.2. The number of aryl methyl sites for hydroxylation is 3. The maximum absolute atomic E-state index is 13.6. The topological polar surface area (TPSA) is 93.3 Å². The maximum Gasteiger partial charge on any atom is 0.222 e. The van der Waals surface area contributed by atoms with E-state index in [9.17, 15) is 14.0 Å². The zero-order chi connectivity index (χ0) is 41.9. The molecule has 4 aromatic carbocycles. The van der Waals surface area contributed by atoms with Gasteiger partial charge in [-0.05, 0) is 91.8 Å². The van der Waals surface area contributed by atoms with E-state index in [0.717, 1.165) is 120 Å². The molecule has 3 heterocycles. The summed E-state index contributed by atoms with van der Waals surface area (Å²) in [5.74, 6) is 3.87. The predicted molar refractivity (Wildman–Crippen MR) is 231 cm³/mol. The van der Waals surface area contributed by atoms with Crippen LogP contribution in [0.15, 0.2) is 91.0 Å². The molecule has 3 aliphatic heterocycles. The molecule has 0 atom stereocenters. The number of hydrogen-bond acceptors (Lipinski definition) is 9. The van der Waals surface area contributed by atoms with Gasteiger partial charge in [-0.25, -0.2) is 4.39 Å². The van der Waals surface area contributed by atoms with Gasteiger partial charge in [-0.3, -0.25) is 19.4 Å². The molecular weight excluding hydrogens is 764 g/mol. The summed E-state index contributed by atoms with van der Waals surface area (Å²) in [5.41, 5.74) is 3.57. The highest BCUT2D eigenvalue weighted by atomic mass is 19.1. The van der Waals surface area contributed by atoms with Gasteiger partial charge in [0.05, 0.1) is 7.11 Å². The molecule has 2 amide bonds. The number of carbonyl (C=O) groups is 2. The molecule has 2 fully saturated rings. The molecule has 322 valence electrons. The van der Waals surface area contributed by atoms with E-state index in [1.807, 2.05) is 64.4 Å². The normalized spacial score (nSPS) is 15.4. The molecule has 7 rings (SSSR count). The Bertz CT molecular complexity index is 1930. The SMILES string of the molecule is COc1ccc(CCCC(=O)N2CCN(CCOc3ccccc3F)CC2)cc1.Cc1ccccc1OCCN1CCN(C(=O)CCCc2ccc3c(c2)OCCO3)CC1. The minimum atomic E-state index is -0.336.